The third kappa shape index (κ3) is 1.88. The molecular formula is C12H17N3O. The van der Waals surface area contributed by atoms with Crippen molar-refractivity contribution in [2.75, 3.05) is 0 Å². The topological polar surface area (TPSA) is 57.0 Å². The summed E-state index contributed by atoms with van der Waals surface area (Å²) in [7, 11) is 0. The van der Waals surface area contributed by atoms with Crippen molar-refractivity contribution in [3.05, 3.63) is 40.9 Å². The van der Waals surface area contributed by atoms with Crippen LogP contribution in [0.4, 0.5) is 0 Å². The van der Waals surface area contributed by atoms with Crippen LogP contribution < -0.4 is 5.73 Å². The first-order valence-corrected chi connectivity index (χ1v) is 5.38. The summed E-state index contributed by atoms with van der Waals surface area (Å²) in [5.74, 6) is 1.84. The number of hydrogen-bond donors (Lipinski definition) is 1. The maximum absolute atomic E-state index is 5.65. The molecule has 2 heterocycles. The summed E-state index contributed by atoms with van der Waals surface area (Å²) in [4.78, 5) is 4.26. The fourth-order valence-electron chi connectivity index (χ4n) is 1.74. The number of imidazole rings is 1. The Hall–Kier alpha value is -1.55. The zero-order valence-electron chi connectivity index (χ0n) is 9.95. The predicted octanol–water partition coefficient (Wildman–Crippen LogP) is 1.91. The summed E-state index contributed by atoms with van der Waals surface area (Å²) in [6, 6.07) is 2.02. The molecule has 0 aliphatic heterocycles. The van der Waals surface area contributed by atoms with Gasteiger partial charge in [-0.2, -0.15) is 0 Å². The Bertz CT molecular complexity index is 496. The van der Waals surface area contributed by atoms with E-state index in [0.717, 1.165) is 22.8 Å². The Kier molecular flexibility index (Phi) is 2.83. The van der Waals surface area contributed by atoms with E-state index in [1.807, 2.05) is 26.2 Å². The second-order valence-electron chi connectivity index (χ2n) is 4.04. The van der Waals surface area contributed by atoms with Gasteiger partial charge in [-0.05, 0) is 26.8 Å². The molecule has 0 aliphatic carbocycles. The van der Waals surface area contributed by atoms with E-state index in [9.17, 15) is 0 Å². The van der Waals surface area contributed by atoms with Crippen LogP contribution in [0.2, 0.25) is 0 Å². The number of furan rings is 1. The lowest BCUT2D eigenvalue weighted by atomic mass is 10.2. The highest BCUT2D eigenvalue weighted by atomic mass is 16.3. The first-order valence-electron chi connectivity index (χ1n) is 5.38. The predicted molar refractivity (Wildman–Crippen MR) is 62.1 cm³/mol. The molecule has 4 heteroatoms. The summed E-state index contributed by atoms with van der Waals surface area (Å²) >= 11 is 0. The monoisotopic (exact) mass is 219 g/mol. The van der Waals surface area contributed by atoms with Crippen LogP contribution >= 0.6 is 0 Å². The molecule has 2 N–H and O–H groups in total. The van der Waals surface area contributed by atoms with Gasteiger partial charge < -0.3 is 14.7 Å². The van der Waals surface area contributed by atoms with Gasteiger partial charge in [-0.1, -0.05) is 0 Å². The smallest absolute Gasteiger partial charge is 0.124 e. The average molecular weight is 219 g/mol. The van der Waals surface area contributed by atoms with Crippen LogP contribution in [0.15, 0.2) is 16.8 Å². The molecule has 0 amide bonds. The van der Waals surface area contributed by atoms with Crippen molar-refractivity contribution in [3.63, 3.8) is 0 Å². The Morgan fingerprint density at radius 3 is 2.62 bits per heavy atom. The fraction of sp³-hybridized carbons (Fsp3) is 0.417. The normalized spacial score (nSPS) is 11.0. The minimum Gasteiger partial charge on any atom is -0.464 e. The first-order chi connectivity index (χ1) is 7.61. The van der Waals surface area contributed by atoms with E-state index in [0.29, 0.717) is 13.1 Å². The van der Waals surface area contributed by atoms with E-state index in [-0.39, 0.29) is 0 Å². The van der Waals surface area contributed by atoms with Gasteiger partial charge in [0, 0.05) is 17.8 Å². The van der Waals surface area contributed by atoms with Gasteiger partial charge in [0.25, 0.3) is 0 Å². The lowest BCUT2D eigenvalue weighted by Crippen LogP contribution is -1.99. The molecule has 0 aliphatic rings. The molecule has 0 unspecified atom stereocenters. The lowest BCUT2D eigenvalue weighted by molar-refractivity contribution is 0.466. The first kappa shape index (κ1) is 11.0. The number of aryl methyl sites for hydroxylation is 2. The van der Waals surface area contributed by atoms with Crippen LogP contribution in [0.25, 0.3) is 0 Å². The summed E-state index contributed by atoms with van der Waals surface area (Å²) in [5, 5.41) is 0. The molecule has 16 heavy (non-hydrogen) atoms. The zero-order valence-corrected chi connectivity index (χ0v) is 9.95. The van der Waals surface area contributed by atoms with Crippen molar-refractivity contribution in [1.29, 1.82) is 0 Å². The highest BCUT2D eigenvalue weighted by Gasteiger charge is 2.08. The summed E-state index contributed by atoms with van der Waals surface area (Å²) in [6.45, 7) is 7.25. The van der Waals surface area contributed by atoms with Gasteiger partial charge in [0.05, 0.1) is 18.6 Å². The molecule has 0 saturated carbocycles. The van der Waals surface area contributed by atoms with Crippen molar-refractivity contribution in [2.45, 2.75) is 33.9 Å². The van der Waals surface area contributed by atoms with Crippen LogP contribution in [0.3, 0.4) is 0 Å². The average Bonchev–Trinajstić information content (AvgIpc) is 2.76. The Morgan fingerprint density at radius 2 is 2.12 bits per heavy atom. The van der Waals surface area contributed by atoms with Gasteiger partial charge in [0.15, 0.2) is 0 Å². The Morgan fingerprint density at radius 1 is 1.38 bits per heavy atom. The van der Waals surface area contributed by atoms with Gasteiger partial charge in [-0.25, -0.2) is 4.98 Å². The Labute approximate surface area is 95.1 Å². The minimum atomic E-state index is 0.525. The van der Waals surface area contributed by atoms with E-state index in [4.69, 9.17) is 10.2 Å². The van der Waals surface area contributed by atoms with Crippen LogP contribution in [0.5, 0.6) is 0 Å². The molecule has 0 bridgehead atoms. The number of hydrogen-bond acceptors (Lipinski definition) is 3. The number of nitrogens with zero attached hydrogens (tertiary/aromatic N) is 2. The molecule has 2 aromatic heterocycles. The van der Waals surface area contributed by atoms with Crippen molar-refractivity contribution >= 4 is 0 Å². The molecule has 0 aromatic carbocycles. The summed E-state index contributed by atoms with van der Waals surface area (Å²) in [6.07, 6.45) is 1.84. The maximum Gasteiger partial charge on any atom is 0.124 e. The minimum absolute atomic E-state index is 0.525. The molecule has 0 fully saturated rings. The van der Waals surface area contributed by atoms with Crippen molar-refractivity contribution < 1.29 is 4.42 Å². The number of aromatic nitrogens is 2. The molecular weight excluding hydrogens is 202 g/mol. The third-order valence-corrected chi connectivity index (χ3v) is 2.96. The number of nitrogens with two attached hydrogens (primary N) is 1. The maximum atomic E-state index is 5.65. The van der Waals surface area contributed by atoms with Gasteiger partial charge in [-0.15, -0.1) is 0 Å². The third-order valence-electron chi connectivity index (χ3n) is 2.96. The second-order valence-corrected chi connectivity index (χ2v) is 4.04. The quantitative estimate of drug-likeness (QED) is 0.857. The molecule has 0 spiro atoms. The molecule has 2 aromatic rings. The van der Waals surface area contributed by atoms with Gasteiger partial charge in [-0.3, -0.25) is 0 Å². The van der Waals surface area contributed by atoms with Crippen LogP contribution in [-0.4, -0.2) is 9.55 Å². The van der Waals surface area contributed by atoms with Crippen molar-refractivity contribution in [1.82, 2.24) is 9.55 Å². The standard InChI is InChI=1S/C12H17N3O/c1-8-9(2)15(7-14-8)6-12-4-11(5-13)10(3)16-12/h4,7H,5-6,13H2,1-3H3. The number of rotatable bonds is 3. The van der Waals surface area contributed by atoms with E-state index in [1.165, 1.54) is 5.69 Å². The molecule has 86 valence electrons. The molecule has 0 saturated heterocycles. The van der Waals surface area contributed by atoms with Crippen molar-refractivity contribution in [2.24, 2.45) is 5.73 Å². The van der Waals surface area contributed by atoms with E-state index < -0.39 is 0 Å². The molecule has 0 radical (unpaired) electrons. The summed E-state index contributed by atoms with van der Waals surface area (Å²) < 4.78 is 7.72. The fourth-order valence-corrected chi connectivity index (χ4v) is 1.74. The highest BCUT2D eigenvalue weighted by molar-refractivity contribution is 5.21. The van der Waals surface area contributed by atoms with Crippen LogP contribution in [0, 0.1) is 20.8 Å². The molecule has 2 rings (SSSR count). The summed E-state index contributed by atoms with van der Waals surface area (Å²) in [5.41, 5.74) is 8.91. The van der Waals surface area contributed by atoms with Crippen LogP contribution in [-0.2, 0) is 13.1 Å². The molecule has 0 atom stereocenters. The zero-order chi connectivity index (χ0) is 11.7. The van der Waals surface area contributed by atoms with Crippen molar-refractivity contribution in [3.8, 4) is 0 Å². The highest BCUT2D eigenvalue weighted by Crippen LogP contribution is 2.16. The van der Waals surface area contributed by atoms with Gasteiger partial charge >= 0.3 is 0 Å². The van der Waals surface area contributed by atoms with Gasteiger partial charge in [0.1, 0.15) is 11.5 Å². The Balaban J connectivity index is 2.23. The lowest BCUT2D eigenvalue weighted by Gasteiger charge is -2.01. The SMILES string of the molecule is Cc1ncn(Cc2cc(CN)c(C)o2)c1C. The largest absolute Gasteiger partial charge is 0.464 e. The van der Waals surface area contributed by atoms with Crippen LogP contribution in [0.1, 0.15) is 28.5 Å². The van der Waals surface area contributed by atoms with Gasteiger partial charge in [0.2, 0.25) is 0 Å². The van der Waals surface area contributed by atoms with E-state index in [2.05, 4.69) is 16.5 Å². The molecule has 4 nitrogen and oxygen atoms in total. The second kappa shape index (κ2) is 4.14. The van der Waals surface area contributed by atoms with E-state index in [1.54, 1.807) is 0 Å². The van der Waals surface area contributed by atoms with E-state index >= 15 is 0 Å².